The first-order valence-corrected chi connectivity index (χ1v) is 5.83. The third-order valence-corrected chi connectivity index (χ3v) is 3.12. The van der Waals surface area contributed by atoms with Crippen LogP contribution < -0.4 is 0 Å². The lowest BCUT2D eigenvalue weighted by molar-refractivity contribution is 0.471. The van der Waals surface area contributed by atoms with Gasteiger partial charge in [-0.1, -0.05) is 12.1 Å². The highest BCUT2D eigenvalue weighted by Gasteiger charge is 2.09. The average molecular weight is 249 g/mol. The molecule has 0 spiro atoms. The molecule has 0 fully saturated rings. The van der Waals surface area contributed by atoms with Crippen LogP contribution >= 0.6 is 0 Å². The molecule has 0 atom stereocenters. The molecule has 0 aliphatic rings. The van der Waals surface area contributed by atoms with Crippen LogP contribution in [0.1, 0.15) is 5.56 Å². The van der Waals surface area contributed by atoms with Crippen LogP contribution in [0.15, 0.2) is 42.9 Å². The molecule has 0 radical (unpaired) electrons. The van der Waals surface area contributed by atoms with Gasteiger partial charge in [0.2, 0.25) is 5.69 Å². The molecule has 1 N–H and O–H groups in total. The topological polar surface area (TPSA) is 41.9 Å². The maximum absolute atomic E-state index is 9.82. The second kappa shape index (κ2) is 4.14. The van der Waals surface area contributed by atoms with Gasteiger partial charge in [-0.3, -0.25) is 0 Å². The maximum atomic E-state index is 9.82. The van der Waals surface area contributed by atoms with Crippen molar-refractivity contribution in [1.29, 1.82) is 0 Å². The summed E-state index contributed by atoms with van der Waals surface area (Å²) in [7, 11) is 0. The van der Waals surface area contributed by atoms with Crippen LogP contribution in [0.5, 0.6) is 5.75 Å². The number of fused-ring (bicyclic) bond motifs is 1. The third kappa shape index (κ3) is 1.81. The predicted molar refractivity (Wildman–Crippen MR) is 73.3 cm³/mol. The van der Waals surface area contributed by atoms with E-state index in [0.717, 1.165) is 22.3 Å². The van der Waals surface area contributed by atoms with Crippen LogP contribution in [0, 0.1) is 13.5 Å². The Hall–Kier alpha value is -2.80. The molecule has 3 aromatic rings. The van der Waals surface area contributed by atoms with Gasteiger partial charge in [0.15, 0.2) is 0 Å². The van der Waals surface area contributed by atoms with Crippen molar-refractivity contribution < 1.29 is 5.11 Å². The highest BCUT2D eigenvalue weighted by atomic mass is 16.3. The normalized spacial score (nSPS) is 10.5. The van der Waals surface area contributed by atoms with E-state index >= 15 is 0 Å². The van der Waals surface area contributed by atoms with Gasteiger partial charge in [-0.25, -0.2) is 9.83 Å². The minimum absolute atomic E-state index is 0.246. The molecule has 0 aliphatic carbocycles. The highest BCUT2D eigenvalue weighted by molar-refractivity contribution is 5.81. The molecule has 92 valence electrons. The van der Waals surface area contributed by atoms with Crippen LogP contribution in [-0.4, -0.2) is 14.5 Å². The Labute approximate surface area is 110 Å². The number of hydrogen-bond donors (Lipinski definition) is 1. The minimum Gasteiger partial charge on any atom is -0.508 e. The van der Waals surface area contributed by atoms with E-state index in [-0.39, 0.29) is 5.75 Å². The van der Waals surface area contributed by atoms with Gasteiger partial charge in [-0.15, -0.1) is 0 Å². The Kier molecular flexibility index (Phi) is 2.46. The molecule has 19 heavy (non-hydrogen) atoms. The number of nitrogens with zero attached hydrogens (tertiary/aromatic N) is 3. The van der Waals surface area contributed by atoms with E-state index in [1.807, 2.05) is 29.7 Å². The number of phenolic OH excluding ortho intramolecular Hbond substituents is 1. The zero-order valence-corrected chi connectivity index (χ0v) is 10.3. The minimum atomic E-state index is 0.246. The van der Waals surface area contributed by atoms with E-state index in [4.69, 9.17) is 6.57 Å². The van der Waals surface area contributed by atoms with Gasteiger partial charge in [0.25, 0.3) is 0 Å². The Morgan fingerprint density at radius 3 is 2.89 bits per heavy atom. The molecule has 2 aromatic heterocycles. The third-order valence-electron chi connectivity index (χ3n) is 3.12. The number of aromatic hydroxyl groups is 1. The molecule has 4 heteroatoms. The first kappa shape index (κ1) is 11.3. The van der Waals surface area contributed by atoms with E-state index in [9.17, 15) is 5.11 Å². The predicted octanol–water partition coefficient (Wildman–Crippen LogP) is 3.57. The van der Waals surface area contributed by atoms with Crippen molar-refractivity contribution >= 4 is 11.3 Å². The maximum Gasteiger partial charge on any atom is 0.204 e. The van der Waals surface area contributed by atoms with Crippen LogP contribution in [0.2, 0.25) is 0 Å². The molecule has 4 nitrogen and oxygen atoms in total. The van der Waals surface area contributed by atoms with Crippen molar-refractivity contribution in [3.63, 3.8) is 0 Å². The zero-order valence-electron chi connectivity index (χ0n) is 10.3. The number of aromatic nitrogens is 2. The van der Waals surface area contributed by atoms with Gasteiger partial charge >= 0.3 is 0 Å². The van der Waals surface area contributed by atoms with Crippen LogP contribution in [0.4, 0.5) is 5.69 Å². The lowest BCUT2D eigenvalue weighted by atomic mass is 10.0. The summed E-state index contributed by atoms with van der Waals surface area (Å²) in [5.41, 5.74) is 3.83. The number of aryl methyl sites for hydroxylation is 1. The van der Waals surface area contributed by atoms with Crippen LogP contribution in [0.25, 0.3) is 21.6 Å². The number of imidazole rings is 1. The summed E-state index contributed by atoms with van der Waals surface area (Å²) < 4.78 is 1.82. The molecule has 1 aromatic carbocycles. The van der Waals surface area contributed by atoms with Gasteiger partial charge in [0.1, 0.15) is 11.4 Å². The number of rotatable bonds is 1. The smallest absolute Gasteiger partial charge is 0.204 e. The molecule has 0 saturated heterocycles. The van der Waals surface area contributed by atoms with Crippen LogP contribution in [-0.2, 0) is 0 Å². The molecular formula is C15H11N3O. The van der Waals surface area contributed by atoms with Crippen molar-refractivity contribution in [3.8, 4) is 16.9 Å². The Bertz CT molecular complexity index is 812. The standard InChI is InChI=1S/C15H11N3O/c1-10-3-4-11(7-14(10)19)13-8-12(16-2)9-18-6-5-17-15(13)18/h3-9,19H,1H3. The lowest BCUT2D eigenvalue weighted by Crippen LogP contribution is -1.88. The largest absolute Gasteiger partial charge is 0.508 e. The molecule has 0 bridgehead atoms. The second-order valence-electron chi connectivity index (χ2n) is 4.38. The van der Waals surface area contributed by atoms with Crippen molar-refractivity contribution in [3.05, 3.63) is 59.8 Å². The number of pyridine rings is 1. The van der Waals surface area contributed by atoms with Gasteiger partial charge < -0.3 is 9.51 Å². The average Bonchev–Trinajstić information content (AvgIpc) is 2.89. The Morgan fingerprint density at radius 2 is 2.16 bits per heavy atom. The van der Waals surface area contributed by atoms with Crippen molar-refractivity contribution in [2.24, 2.45) is 0 Å². The molecule has 3 rings (SSSR count). The van der Waals surface area contributed by atoms with E-state index in [0.29, 0.717) is 5.69 Å². The summed E-state index contributed by atoms with van der Waals surface area (Å²) in [5, 5.41) is 9.82. The van der Waals surface area contributed by atoms with E-state index < -0.39 is 0 Å². The fourth-order valence-electron chi connectivity index (χ4n) is 2.07. The van der Waals surface area contributed by atoms with Crippen LogP contribution in [0.3, 0.4) is 0 Å². The first-order valence-electron chi connectivity index (χ1n) is 5.83. The molecule has 2 heterocycles. The van der Waals surface area contributed by atoms with E-state index in [1.54, 1.807) is 24.5 Å². The summed E-state index contributed by atoms with van der Waals surface area (Å²) in [6.45, 7) is 9.00. The fourth-order valence-corrected chi connectivity index (χ4v) is 2.07. The molecule has 0 unspecified atom stereocenters. The lowest BCUT2D eigenvalue weighted by Gasteiger charge is -2.07. The Morgan fingerprint density at radius 1 is 1.32 bits per heavy atom. The van der Waals surface area contributed by atoms with Crippen molar-refractivity contribution in [2.45, 2.75) is 6.92 Å². The molecule has 0 saturated carbocycles. The van der Waals surface area contributed by atoms with Crippen molar-refractivity contribution in [1.82, 2.24) is 9.38 Å². The summed E-state index contributed by atoms with van der Waals surface area (Å²) in [4.78, 5) is 7.77. The van der Waals surface area contributed by atoms with E-state index in [2.05, 4.69) is 9.83 Å². The molecular weight excluding hydrogens is 238 g/mol. The van der Waals surface area contributed by atoms with Gasteiger partial charge in [0, 0.05) is 24.2 Å². The molecule has 0 aliphatic heterocycles. The SMILES string of the molecule is [C-]#[N+]c1cc(-c2ccc(C)c(O)c2)c2nccn2c1. The van der Waals surface area contributed by atoms with E-state index in [1.165, 1.54) is 0 Å². The first-order chi connectivity index (χ1) is 9.19. The number of phenols is 1. The Balaban J connectivity index is 2.31. The number of benzene rings is 1. The molecule has 0 amide bonds. The monoisotopic (exact) mass is 249 g/mol. The highest BCUT2D eigenvalue weighted by Crippen LogP contribution is 2.31. The summed E-state index contributed by atoms with van der Waals surface area (Å²) >= 11 is 0. The summed E-state index contributed by atoms with van der Waals surface area (Å²) in [5.74, 6) is 0.246. The summed E-state index contributed by atoms with van der Waals surface area (Å²) in [6, 6.07) is 7.27. The van der Waals surface area contributed by atoms with Crippen molar-refractivity contribution in [2.75, 3.05) is 0 Å². The quantitative estimate of drug-likeness (QED) is 0.670. The van der Waals surface area contributed by atoms with Gasteiger partial charge in [-0.2, -0.15) is 0 Å². The van der Waals surface area contributed by atoms with Gasteiger partial charge in [0.05, 0.1) is 6.57 Å². The van der Waals surface area contributed by atoms with Gasteiger partial charge in [-0.05, 0) is 30.2 Å². The zero-order chi connectivity index (χ0) is 13.4. The second-order valence-corrected chi connectivity index (χ2v) is 4.38. The number of hydrogen-bond acceptors (Lipinski definition) is 2. The fraction of sp³-hybridized carbons (Fsp3) is 0.0667. The summed E-state index contributed by atoms with van der Waals surface area (Å²) in [6.07, 6.45) is 5.25.